The molecule has 0 bridgehead atoms. The maximum Gasteiger partial charge on any atom is 0.320 e. The van der Waals surface area contributed by atoms with Crippen LogP contribution in [0.25, 0.3) is 6.08 Å². The summed E-state index contributed by atoms with van der Waals surface area (Å²) in [6, 6.07) is 16.2. The van der Waals surface area contributed by atoms with E-state index in [1.54, 1.807) is 43.5 Å². The molecule has 0 saturated carbocycles. The first-order valence-electron chi connectivity index (χ1n) is 6.26. The lowest BCUT2D eigenvalue weighted by molar-refractivity contribution is -0.415. The van der Waals surface area contributed by atoms with Crippen molar-refractivity contribution >= 4 is 6.08 Å². The predicted octanol–water partition coefficient (Wildman–Crippen LogP) is 3.36. The Labute approximate surface area is 122 Å². The summed E-state index contributed by atoms with van der Waals surface area (Å²) in [7, 11) is 1.55. The number of methoxy groups -OCH3 is 1. The highest BCUT2D eigenvalue weighted by Crippen LogP contribution is 2.15. The lowest BCUT2D eigenvalue weighted by atomic mass is 10.1. The SMILES string of the molecule is COc1cccc(/C=C(\C#Cc2ccccc2)[N+](=O)[O-])c1. The molecular weight excluding hydrogens is 266 g/mol. The molecule has 0 spiro atoms. The Kier molecular flexibility index (Phi) is 4.73. The van der Waals surface area contributed by atoms with Gasteiger partial charge in [0.2, 0.25) is 0 Å². The van der Waals surface area contributed by atoms with Crippen molar-refractivity contribution in [2.24, 2.45) is 0 Å². The number of allylic oxidation sites excluding steroid dienone is 1. The lowest BCUT2D eigenvalue weighted by Crippen LogP contribution is -1.96. The molecule has 0 aliphatic heterocycles. The summed E-state index contributed by atoms with van der Waals surface area (Å²) in [6.07, 6.45) is 1.43. The van der Waals surface area contributed by atoms with Gasteiger partial charge in [0.25, 0.3) is 0 Å². The van der Waals surface area contributed by atoms with Gasteiger partial charge in [0.1, 0.15) is 5.75 Å². The Morgan fingerprint density at radius 1 is 1.19 bits per heavy atom. The molecule has 0 aliphatic carbocycles. The summed E-state index contributed by atoms with van der Waals surface area (Å²) >= 11 is 0. The van der Waals surface area contributed by atoms with Crippen LogP contribution in [0.15, 0.2) is 60.3 Å². The number of hydrogen-bond donors (Lipinski definition) is 0. The van der Waals surface area contributed by atoms with Crippen LogP contribution in [0.5, 0.6) is 5.75 Å². The van der Waals surface area contributed by atoms with Gasteiger partial charge in [0.15, 0.2) is 0 Å². The van der Waals surface area contributed by atoms with Gasteiger partial charge in [-0.3, -0.25) is 10.1 Å². The van der Waals surface area contributed by atoms with Crippen molar-refractivity contribution in [1.29, 1.82) is 0 Å². The van der Waals surface area contributed by atoms with Crippen LogP contribution in [0.4, 0.5) is 0 Å². The molecule has 104 valence electrons. The third kappa shape index (κ3) is 4.22. The molecule has 0 aliphatic rings. The zero-order chi connectivity index (χ0) is 15.1. The molecule has 4 heteroatoms. The Morgan fingerprint density at radius 3 is 2.62 bits per heavy atom. The molecule has 2 rings (SSSR count). The fraction of sp³-hybridized carbons (Fsp3) is 0.0588. The Balaban J connectivity index is 2.33. The largest absolute Gasteiger partial charge is 0.497 e. The molecule has 0 amide bonds. The predicted molar refractivity (Wildman–Crippen MR) is 81.3 cm³/mol. The Morgan fingerprint density at radius 2 is 1.95 bits per heavy atom. The third-order valence-corrected chi connectivity index (χ3v) is 2.70. The first-order valence-corrected chi connectivity index (χ1v) is 6.26. The van der Waals surface area contributed by atoms with E-state index in [2.05, 4.69) is 11.8 Å². The maximum atomic E-state index is 11.1. The second-order valence-electron chi connectivity index (χ2n) is 4.18. The molecular formula is C17H13NO3. The van der Waals surface area contributed by atoms with Gasteiger partial charge in [-0.1, -0.05) is 36.3 Å². The van der Waals surface area contributed by atoms with Crippen molar-refractivity contribution in [1.82, 2.24) is 0 Å². The molecule has 0 radical (unpaired) electrons. The molecule has 0 N–H and O–H groups in total. The summed E-state index contributed by atoms with van der Waals surface area (Å²) in [5.74, 6) is 6.02. The molecule has 0 unspecified atom stereocenters. The molecule has 0 saturated heterocycles. The third-order valence-electron chi connectivity index (χ3n) is 2.70. The fourth-order valence-corrected chi connectivity index (χ4v) is 1.68. The number of benzene rings is 2. The van der Waals surface area contributed by atoms with Crippen molar-refractivity contribution < 1.29 is 9.66 Å². The molecule has 0 fully saturated rings. The number of nitrogens with zero attached hydrogens (tertiary/aromatic N) is 1. The molecule has 2 aromatic carbocycles. The average Bonchev–Trinajstić information content (AvgIpc) is 2.52. The molecule has 2 aromatic rings. The lowest BCUT2D eigenvalue weighted by Gasteiger charge is -1.99. The molecule has 0 heterocycles. The Hall–Kier alpha value is -3.06. The minimum absolute atomic E-state index is 0.160. The van der Waals surface area contributed by atoms with Crippen LogP contribution in [-0.2, 0) is 0 Å². The second-order valence-corrected chi connectivity index (χ2v) is 4.18. The zero-order valence-corrected chi connectivity index (χ0v) is 11.4. The van der Waals surface area contributed by atoms with E-state index in [0.717, 1.165) is 5.56 Å². The van der Waals surface area contributed by atoms with Crippen LogP contribution in [0, 0.1) is 22.0 Å². The standard InChI is InChI=1S/C17H13NO3/c1-21-17-9-5-8-15(13-17)12-16(18(19)20)11-10-14-6-3-2-4-7-14/h2-9,12-13H,1H3/b16-12+. The van der Waals surface area contributed by atoms with Crippen molar-refractivity contribution in [2.45, 2.75) is 0 Å². The summed E-state index contributed by atoms with van der Waals surface area (Å²) in [4.78, 5) is 10.6. The molecule has 21 heavy (non-hydrogen) atoms. The molecule has 4 nitrogen and oxygen atoms in total. The van der Waals surface area contributed by atoms with Crippen LogP contribution in [0.3, 0.4) is 0 Å². The van der Waals surface area contributed by atoms with Gasteiger partial charge < -0.3 is 4.74 Å². The minimum Gasteiger partial charge on any atom is -0.497 e. The van der Waals surface area contributed by atoms with E-state index in [9.17, 15) is 10.1 Å². The van der Waals surface area contributed by atoms with E-state index in [1.807, 2.05) is 18.2 Å². The first-order chi connectivity index (χ1) is 10.2. The van der Waals surface area contributed by atoms with Gasteiger partial charge in [-0.25, -0.2) is 0 Å². The highest BCUT2D eigenvalue weighted by molar-refractivity contribution is 5.58. The van der Waals surface area contributed by atoms with E-state index >= 15 is 0 Å². The topological polar surface area (TPSA) is 52.4 Å². The average molecular weight is 279 g/mol. The van der Waals surface area contributed by atoms with Crippen molar-refractivity contribution in [3.05, 3.63) is 81.5 Å². The maximum absolute atomic E-state index is 11.1. The van der Waals surface area contributed by atoms with Crippen LogP contribution in [-0.4, -0.2) is 12.0 Å². The molecule has 0 atom stereocenters. The summed E-state index contributed by atoms with van der Waals surface area (Å²) < 4.78 is 5.09. The quantitative estimate of drug-likeness (QED) is 0.492. The van der Waals surface area contributed by atoms with Gasteiger partial charge in [-0.05, 0) is 29.8 Å². The number of rotatable bonds is 3. The zero-order valence-electron chi connectivity index (χ0n) is 11.4. The minimum atomic E-state index is -0.491. The number of ether oxygens (including phenoxy) is 1. The number of nitro groups is 1. The fourth-order valence-electron chi connectivity index (χ4n) is 1.68. The van der Waals surface area contributed by atoms with E-state index in [1.165, 1.54) is 6.08 Å². The van der Waals surface area contributed by atoms with Crippen molar-refractivity contribution in [2.75, 3.05) is 7.11 Å². The van der Waals surface area contributed by atoms with Crippen LogP contribution >= 0.6 is 0 Å². The smallest absolute Gasteiger partial charge is 0.320 e. The summed E-state index contributed by atoms with van der Waals surface area (Å²) in [5, 5.41) is 11.1. The summed E-state index contributed by atoms with van der Waals surface area (Å²) in [6.45, 7) is 0. The first kappa shape index (κ1) is 14.4. The van der Waals surface area contributed by atoms with Gasteiger partial charge in [0.05, 0.1) is 12.0 Å². The summed E-state index contributed by atoms with van der Waals surface area (Å²) in [5.41, 5.74) is 1.24. The van der Waals surface area contributed by atoms with E-state index < -0.39 is 4.92 Å². The Bertz CT molecular complexity index is 724. The van der Waals surface area contributed by atoms with E-state index in [4.69, 9.17) is 4.74 Å². The van der Waals surface area contributed by atoms with Crippen molar-refractivity contribution in [3.63, 3.8) is 0 Å². The monoisotopic (exact) mass is 279 g/mol. The van der Waals surface area contributed by atoms with Crippen molar-refractivity contribution in [3.8, 4) is 17.6 Å². The van der Waals surface area contributed by atoms with E-state index in [0.29, 0.717) is 11.3 Å². The highest BCUT2D eigenvalue weighted by atomic mass is 16.6. The van der Waals surface area contributed by atoms with Crippen LogP contribution in [0.2, 0.25) is 0 Å². The molecule has 0 aromatic heterocycles. The van der Waals surface area contributed by atoms with Crippen LogP contribution in [0.1, 0.15) is 11.1 Å². The highest BCUT2D eigenvalue weighted by Gasteiger charge is 2.07. The van der Waals surface area contributed by atoms with E-state index in [-0.39, 0.29) is 5.70 Å². The van der Waals surface area contributed by atoms with Gasteiger partial charge >= 0.3 is 5.70 Å². The normalized spacial score (nSPS) is 10.4. The van der Waals surface area contributed by atoms with Crippen LogP contribution < -0.4 is 4.74 Å². The number of hydrogen-bond acceptors (Lipinski definition) is 3. The van der Waals surface area contributed by atoms with Gasteiger partial charge in [0, 0.05) is 17.6 Å². The second kappa shape index (κ2) is 6.92. The van der Waals surface area contributed by atoms with Gasteiger partial charge in [-0.15, -0.1) is 0 Å². The van der Waals surface area contributed by atoms with Gasteiger partial charge in [-0.2, -0.15) is 0 Å².